The van der Waals surface area contributed by atoms with Crippen LogP contribution in [-0.4, -0.2) is 24.6 Å². The van der Waals surface area contributed by atoms with E-state index in [2.05, 4.69) is 62.9 Å². The van der Waals surface area contributed by atoms with E-state index in [4.69, 9.17) is 11.6 Å². The molecule has 0 amide bonds. The van der Waals surface area contributed by atoms with Crippen LogP contribution in [0.2, 0.25) is 5.02 Å². The molecule has 1 aromatic heterocycles. The summed E-state index contributed by atoms with van der Waals surface area (Å²) in [5.41, 5.74) is 1.31. The van der Waals surface area contributed by atoms with Crippen molar-refractivity contribution < 1.29 is 0 Å². The van der Waals surface area contributed by atoms with Crippen LogP contribution in [0.1, 0.15) is 46.6 Å². The smallest absolute Gasteiger partial charge is 0.128 e. The lowest BCUT2D eigenvalue weighted by atomic mass is 9.87. The molecule has 1 unspecified atom stereocenters. The molecule has 0 aliphatic rings. The minimum atomic E-state index is 0.205. The number of aromatic nitrogens is 1. The Bertz CT molecular complexity index is 426. The first-order valence-electron chi connectivity index (χ1n) is 7.35. The minimum Gasteiger partial charge on any atom is -0.356 e. The van der Waals surface area contributed by atoms with Crippen LogP contribution < -0.4 is 10.2 Å². The fourth-order valence-corrected chi connectivity index (χ4v) is 2.15. The SMILES string of the molecule is CCCNCc1cc(N(C)C(C)C(C)(C)C)ncc1Cl. The van der Waals surface area contributed by atoms with Crippen LogP contribution in [-0.2, 0) is 6.54 Å². The third-order valence-electron chi connectivity index (χ3n) is 3.86. The van der Waals surface area contributed by atoms with Crippen molar-refractivity contribution in [1.82, 2.24) is 10.3 Å². The minimum absolute atomic E-state index is 0.205. The van der Waals surface area contributed by atoms with Gasteiger partial charge in [-0.1, -0.05) is 39.3 Å². The van der Waals surface area contributed by atoms with Gasteiger partial charge < -0.3 is 10.2 Å². The number of halogens is 1. The Morgan fingerprint density at radius 2 is 2.05 bits per heavy atom. The molecule has 0 bridgehead atoms. The summed E-state index contributed by atoms with van der Waals surface area (Å²) in [6.07, 6.45) is 2.88. The van der Waals surface area contributed by atoms with E-state index >= 15 is 0 Å². The second kappa shape index (κ2) is 7.28. The van der Waals surface area contributed by atoms with Gasteiger partial charge in [0.25, 0.3) is 0 Å². The molecular formula is C16H28ClN3. The lowest BCUT2D eigenvalue weighted by Crippen LogP contribution is -2.39. The van der Waals surface area contributed by atoms with E-state index in [1.807, 2.05) is 0 Å². The van der Waals surface area contributed by atoms with Crippen molar-refractivity contribution in [3.8, 4) is 0 Å². The molecule has 20 heavy (non-hydrogen) atoms. The zero-order valence-corrected chi connectivity index (χ0v) is 14.4. The zero-order valence-electron chi connectivity index (χ0n) is 13.6. The molecule has 0 spiro atoms. The Hall–Kier alpha value is -0.800. The molecule has 0 radical (unpaired) electrons. The summed E-state index contributed by atoms with van der Waals surface area (Å²) in [6.45, 7) is 12.9. The maximum absolute atomic E-state index is 6.23. The van der Waals surface area contributed by atoms with Crippen molar-refractivity contribution in [2.24, 2.45) is 5.41 Å². The predicted octanol–water partition coefficient (Wildman–Crippen LogP) is 4.11. The van der Waals surface area contributed by atoms with E-state index in [0.29, 0.717) is 6.04 Å². The molecule has 0 saturated heterocycles. The lowest BCUT2D eigenvalue weighted by molar-refractivity contribution is 0.328. The Labute approximate surface area is 128 Å². The quantitative estimate of drug-likeness (QED) is 0.801. The van der Waals surface area contributed by atoms with E-state index < -0.39 is 0 Å². The summed E-state index contributed by atoms with van der Waals surface area (Å²) in [4.78, 5) is 6.69. The van der Waals surface area contributed by atoms with Crippen LogP contribution in [0.25, 0.3) is 0 Å². The average Bonchev–Trinajstić information content (AvgIpc) is 2.38. The highest BCUT2D eigenvalue weighted by Crippen LogP contribution is 2.28. The topological polar surface area (TPSA) is 28.2 Å². The Morgan fingerprint density at radius 3 is 2.60 bits per heavy atom. The Morgan fingerprint density at radius 1 is 1.40 bits per heavy atom. The molecule has 4 heteroatoms. The zero-order chi connectivity index (χ0) is 15.3. The number of nitrogens with zero attached hydrogens (tertiary/aromatic N) is 2. The van der Waals surface area contributed by atoms with Gasteiger partial charge >= 0.3 is 0 Å². The molecule has 3 nitrogen and oxygen atoms in total. The van der Waals surface area contributed by atoms with Crippen LogP contribution in [0.3, 0.4) is 0 Å². The second-order valence-corrected chi connectivity index (χ2v) is 6.87. The summed E-state index contributed by atoms with van der Waals surface area (Å²) < 4.78 is 0. The van der Waals surface area contributed by atoms with E-state index in [-0.39, 0.29) is 5.41 Å². The van der Waals surface area contributed by atoms with E-state index in [0.717, 1.165) is 35.9 Å². The molecule has 0 aromatic carbocycles. The normalized spacial score (nSPS) is 13.3. The number of nitrogens with one attached hydrogen (secondary N) is 1. The number of hydrogen-bond donors (Lipinski definition) is 1. The van der Waals surface area contributed by atoms with E-state index in [1.54, 1.807) is 6.20 Å². The number of pyridine rings is 1. The summed E-state index contributed by atoms with van der Waals surface area (Å²) in [5.74, 6) is 0.977. The van der Waals surface area contributed by atoms with E-state index in [9.17, 15) is 0 Å². The predicted molar refractivity (Wildman–Crippen MR) is 88.6 cm³/mol. The maximum atomic E-state index is 6.23. The highest BCUT2D eigenvalue weighted by Gasteiger charge is 2.25. The molecule has 1 rings (SSSR count). The first kappa shape index (κ1) is 17.3. The highest BCUT2D eigenvalue weighted by atomic mass is 35.5. The highest BCUT2D eigenvalue weighted by molar-refractivity contribution is 6.31. The summed E-state index contributed by atoms with van der Waals surface area (Å²) >= 11 is 6.23. The van der Waals surface area contributed by atoms with Crippen molar-refractivity contribution in [3.05, 3.63) is 22.8 Å². The van der Waals surface area contributed by atoms with Crippen molar-refractivity contribution in [2.75, 3.05) is 18.5 Å². The molecule has 114 valence electrons. The molecule has 1 aromatic rings. The van der Waals surface area contributed by atoms with Crippen LogP contribution >= 0.6 is 11.6 Å². The first-order chi connectivity index (χ1) is 9.27. The summed E-state index contributed by atoms with van der Waals surface area (Å²) in [7, 11) is 2.09. The number of anilines is 1. The summed E-state index contributed by atoms with van der Waals surface area (Å²) in [6, 6.07) is 2.49. The van der Waals surface area contributed by atoms with E-state index in [1.165, 1.54) is 0 Å². The molecule has 0 aliphatic heterocycles. The third-order valence-corrected chi connectivity index (χ3v) is 4.20. The fourth-order valence-electron chi connectivity index (χ4n) is 1.98. The van der Waals surface area contributed by atoms with Crippen LogP contribution in [0.4, 0.5) is 5.82 Å². The van der Waals surface area contributed by atoms with Gasteiger partial charge in [0, 0.05) is 25.8 Å². The fraction of sp³-hybridized carbons (Fsp3) is 0.688. The molecule has 1 heterocycles. The monoisotopic (exact) mass is 297 g/mol. The van der Waals surface area contributed by atoms with Crippen LogP contribution in [0, 0.1) is 5.41 Å². The first-order valence-corrected chi connectivity index (χ1v) is 7.73. The van der Waals surface area contributed by atoms with Crippen LogP contribution in [0.5, 0.6) is 0 Å². The van der Waals surface area contributed by atoms with Gasteiger partial charge in [0.05, 0.1) is 5.02 Å². The largest absolute Gasteiger partial charge is 0.356 e. The van der Waals surface area contributed by atoms with Crippen molar-refractivity contribution in [1.29, 1.82) is 0 Å². The molecule has 0 aliphatic carbocycles. The maximum Gasteiger partial charge on any atom is 0.128 e. The average molecular weight is 298 g/mol. The molecule has 1 N–H and O–H groups in total. The van der Waals surface area contributed by atoms with Crippen molar-refractivity contribution in [2.45, 2.75) is 53.6 Å². The van der Waals surface area contributed by atoms with Crippen molar-refractivity contribution in [3.63, 3.8) is 0 Å². The van der Waals surface area contributed by atoms with Gasteiger partial charge in [0.2, 0.25) is 0 Å². The lowest BCUT2D eigenvalue weighted by Gasteiger charge is -2.36. The van der Waals surface area contributed by atoms with Gasteiger partial charge in [0.1, 0.15) is 5.82 Å². The van der Waals surface area contributed by atoms with Gasteiger partial charge in [-0.15, -0.1) is 0 Å². The standard InChI is InChI=1S/C16H28ClN3/c1-7-8-18-10-13-9-15(19-11-14(13)17)20(6)12(2)16(3,4)5/h9,11-12,18H,7-8,10H2,1-6H3. The molecule has 1 atom stereocenters. The molecular weight excluding hydrogens is 270 g/mol. The Kier molecular flexibility index (Phi) is 6.28. The Balaban J connectivity index is 2.88. The molecule has 0 fully saturated rings. The van der Waals surface area contributed by atoms with Gasteiger partial charge in [-0.2, -0.15) is 0 Å². The van der Waals surface area contributed by atoms with Gasteiger partial charge in [-0.3, -0.25) is 0 Å². The summed E-state index contributed by atoms with van der Waals surface area (Å²) in [5, 5.41) is 4.12. The van der Waals surface area contributed by atoms with Gasteiger partial charge in [-0.05, 0) is 36.9 Å². The number of hydrogen-bond acceptors (Lipinski definition) is 3. The second-order valence-electron chi connectivity index (χ2n) is 6.46. The van der Waals surface area contributed by atoms with Crippen LogP contribution in [0.15, 0.2) is 12.3 Å². The third kappa shape index (κ3) is 4.64. The van der Waals surface area contributed by atoms with Crippen molar-refractivity contribution >= 4 is 17.4 Å². The number of rotatable bonds is 6. The van der Waals surface area contributed by atoms with Gasteiger partial charge in [-0.25, -0.2) is 4.98 Å². The van der Waals surface area contributed by atoms with Gasteiger partial charge in [0.15, 0.2) is 0 Å². The molecule has 0 saturated carbocycles.